The first-order valence-corrected chi connectivity index (χ1v) is 5.85. The van der Waals surface area contributed by atoms with Gasteiger partial charge < -0.3 is 16.4 Å². The topological polar surface area (TPSA) is 70.4 Å². The maximum atomic E-state index is 12.0. The summed E-state index contributed by atoms with van der Waals surface area (Å²) < 4.78 is 0. The van der Waals surface area contributed by atoms with Crippen molar-refractivity contribution in [1.29, 1.82) is 0 Å². The molecule has 17 heavy (non-hydrogen) atoms. The largest absolute Gasteiger partial charge is 0.399 e. The predicted molar refractivity (Wildman–Crippen MR) is 66.9 cm³/mol. The van der Waals surface area contributed by atoms with Crippen LogP contribution in [0.25, 0.3) is 0 Å². The Kier molecular flexibility index (Phi) is 2.22. The van der Waals surface area contributed by atoms with Crippen LogP contribution in [0.15, 0.2) is 24.3 Å². The van der Waals surface area contributed by atoms with Crippen molar-refractivity contribution in [2.75, 3.05) is 30.3 Å². The molecule has 2 aliphatic rings. The molecular formula is C12H16N4O. The van der Waals surface area contributed by atoms with E-state index in [4.69, 9.17) is 5.73 Å². The van der Waals surface area contributed by atoms with Crippen LogP contribution in [0.5, 0.6) is 0 Å². The third-order valence-corrected chi connectivity index (χ3v) is 3.53. The highest BCUT2D eigenvalue weighted by atomic mass is 16.2. The molecule has 1 unspecified atom stereocenters. The van der Waals surface area contributed by atoms with Gasteiger partial charge in [0.1, 0.15) is 0 Å². The van der Waals surface area contributed by atoms with Gasteiger partial charge in [-0.25, -0.2) is 4.79 Å². The summed E-state index contributed by atoms with van der Waals surface area (Å²) in [7, 11) is 0. The maximum Gasteiger partial charge on any atom is 0.322 e. The summed E-state index contributed by atoms with van der Waals surface area (Å²) in [5, 5.41) is 6.38. The zero-order chi connectivity index (χ0) is 11.9. The number of anilines is 2. The molecule has 0 saturated carbocycles. The molecule has 90 valence electrons. The monoisotopic (exact) mass is 232 g/mol. The summed E-state index contributed by atoms with van der Waals surface area (Å²) in [6.07, 6.45) is 0.990. The minimum Gasteiger partial charge on any atom is -0.399 e. The molecule has 1 atom stereocenters. The highest BCUT2D eigenvalue weighted by molar-refractivity contribution is 5.95. The van der Waals surface area contributed by atoms with Crippen LogP contribution < -0.4 is 21.3 Å². The summed E-state index contributed by atoms with van der Waals surface area (Å²) >= 11 is 0. The van der Waals surface area contributed by atoms with Crippen molar-refractivity contribution in [3.05, 3.63) is 24.3 Å². The molecule has 2 saturated heterocycles. The van der Waals surface area contributed by atoms with E-state index in [1.54, 1.807) is 4.90 Å². The number of amides is 2. The molecule has 0 bridgehead atoms. The molecule has 1 aromatic rings. The molecule has 2 fully saturated rings. The molecule has 0 aromatic heterocycles. The Bertz CT molecular complexity index is 436. The van der Waals surface area contributed by atoms with Gasteiger partial charge in [0, 0.05) is 17.9 Å². The lowest BCUT2D eigenvalue weighted by Gasteiger charge is -2.21. The lowest BCUT2D eigenvalue weighted by molar-refractivity contribution is 0.248. The molecule has 1 aromatic carbocycles. The average Bonchev–Trinajstić information content (AvgIpc) is 2.88. The van der Waals surface area contributed by atoms with Crippen molar-refractivity contribution in [2.45, 2.75) is 12.0 Å². The Morgan fingerprint density at radius 1 is 1.29 bits per heavy atom. The van der Waals surface area contributed by atoms with Crippen molar-refractivity contribution >= 4 is 17.4 Å². The van der Waals surface area contributed by atoms with Crippen LogP contribution in [0.1, 0.15) is 6.42 Å². The Hall–Kier alpha value is -1.75. The van der Waals surface area contributed by atoms with E-state index in [0.717, 1.165) is 31.7 Å². The van der Waals surface area contributed by atoms with Gasteiger partial charge in [0.25, 0.3) is 0 Å². The van der Waals surface area contributed by atoms with Crippen molar-refractivity contribution in [2.24, 2.45) is 0 Å². The van der Waals surface area contributed by atoms with Crippen LogP contribution in [0.4, 0.5) is 16.2 Å². The number of urea groups is 1. The van der Waals surface area contributed by atoms with Crippen molar-refractivity contribution in [3.63, 3.8) is 0 Å². The molecule has 0 aliphatic carbocycles. The third-order valence-electron chi connectivity index (χ3n) is 3.53. The van der Waals surface area contributed by atoms with Gasteiger partial charge in [0.15, 0.2) is 0 Å². The number of nitrogens with two attached hydrogens (primary N) is 1. The highest BCUT2D eigenvalue weighted by Gasteiger charge is 2.44. The van der Waals surface area contributed by atoms with Crippen LogP contribution in [0, 0.1) is 0 Å². The molecule has 2 heterocycles. The number of rotatable bonds is 1. The minimum atomic E-state index is -0.0849. The minimum absolute atomic E-state index is 0.0153. The molecule has 0 radical (unpaired) electrons. The molecule has 5 heteroatoms. The quantitative estimate of drug-likeness (QED) is 0.619. The number of carbonyl (C=O) groups excluding carboxylic acids is 1. The second-order valence-corrected chi connectivity index (χ2v) is 4.81. The van der Waals surface area contributed by atoms with Gasteiger partial charge in [-0.15, -0.1) is 0 Å². The summed E-state index contributed by atoms with van der Waals surface area (Å²) in [6, 6.07) is 7.40. The Morgan fingerprint density at radius 2 is 2.06 bits per heavy atom. The Balaban J connectivity index is 1.85. The lowest BCUT2D eigenvalue weighted by Crippen LogP contribution is -2.45. The molecule has 3 rings (SSSR count). The standard InChI is InChI=1S/C12H16N4O/c13-9-1-3-10(4-2-9)16-8-12(15-11(16)17)5-6-14-7-12/h1-4,14H,5-8,13H2,(H,15,17). The van der Waals surface area contributed by atoms with E-state index in [0.29, 0.717) is 5.69 Å². The average molecular weight is 232 g/mol. The first-order valence-electron chi connectivity index (χ1n) is 5.85. The second-order valence-electron chi connectivity index (χ2n) is 4.81. The van der Waals surface area contributed by atoms with Crippen LogP contribution in [-0.4, -0.2) is 31.2 Å². The summed E-state index contributed by atoms with van der Waals surface area (Å²) in [5.74, 6) is 0. The fraction of sp³-hybridized carbons (Fsp3) is 0.417. The van der Waals surface area contributed by atoms with E-state index in [2.05, 4.69) is 10.6 Å². The van der Waals surface area contributed by atoms with Gasteiger partial charge in [-0.2, -0.15) is 0 Å². The third kappa shape index (κ3) is 1.72. The number of hydrogen-bond acceptors (Lipinski definition) is 3. The number of benzene rings is 1. The number of nitrogen functional groups attached to an aromatic ring is 1. The van der Waals surface area contributed by atoms with Gasteiger partial charge in [0.2, 0.25) is 0 Å². The smallest absolute Gasteiger partial charge is 0.322 e. The van der Waals surface area contributed by atoms with Crippen LogP contribution in [0.3, 0.4) is 0 Å². The van der Waals surface area contributed by atoms with E-state index in [1.165, 1.54) is 0 Å². The summed E-state index contributed by atoms with van der Waals surface area (Å²) in [6.45, 7) is 2.54. The first kappa shape index (κ1) is 10.4. The molecule has 1 spiro atoms. The molecule has 2 amide bonds. The van der Waals surface area contributed by atoms with E-state index in [9.17, 15) is 4.79 Å². The molecule has 4 N–H and O–H groups in total. The Morgan fingerprint density at radius 3 is 2.71 bits per heavy atom. The van der Waals surface area contributed by atoms with E-state index in [1.807, 2.05) is 24.3 Å². The molecule has 2 aliphatic heterocycles. The maximum absolute atomic E-state index is 12.0. The second kappa shape index (κ2) is 3.63. The highest BCUT2D eigenvalue weighted by Crippen LogP contribution is 2.27. The van der Waals surface area contributed by atoms with Gasteiger partial charge in [-0.1, -0.05) is 0 Å². The van der Waals surface area contributed by atoms with Crippen molar-refractivity contribution < 1.29 is 4.79 Å². The first-order chi connectivity index (χ1) is 8.19. The normalized spacial score (nSPS) is 27.8. The molecule has 5 nitrogen and oxygen atoms in total. The van der Waals surface area contributed by atoms with Crippen LogP contribution >= 0.6 is 0 Å². The zero-order valence-electron chi connectivity index (χ0n) is 9.57. The number of hydrogen-bond donors (Lipinski definition) is 3. The number of nitrogens with zero attached hydrogens (tertiary/aromatic N) is 1. The SMILES string of the molecule is Nc1ccc(N2CC3(CCNC3)NC2=O)cc1. The fourth-order valence-electron chi connectivity index (χ4n) is 2.56. The predicted octanol–water partition coefficient (Wildman–Crippen LogP) is 0.530. The fourth-order valence-corrected chi connectivity index (χ4v) is 2.56. The number of nitrogens with one attached hydrogen (secondary N) is 2. The van der Waals surface area contributed by atoms with E-state index < -0.39 is 0 Å². The van der Waals surface area contributed by atoms with Crippen LogP contribution in [-0.2, 0) is 0 Å². The number of carbonyl (C=O) groups is 1. The molecular weight excluding hydrogens is 216 g/mol. The van der Waals surface area contributed by atoms with Gasteiger partial charge in [-0.3, -0.25) is 4.90 Å². The van der Waals surface area contributed by atoms with Crippen molar-refractivity contribution in [3.8, 4) is 0 Å². The van der Waals surface area contributed by atoms with E-state index >= 15 is 0 Å². The van der Waals surface area contributed by atoms with Crippen LogP contribution in [0.2, 0.25) is 0 Å². The lowest BCUT2D eigenvalue weighted by atomic mass is 10.0. The van der Waals surface area contributed by atoms with Gasteiger partial charge in [-0.05, 0) is 37.2 Å². The Labute approximate surface area is 100.0 Å². The summed E-state index contributed by atoms with van der Waals surface area (Å²) in [5.41, 5.74) is 7.18. The zero-order valence-corrected chi connectivity index (χ0v) is 9.57. The van der Waals surface area contributed by atoms with Crippen molar-refractivity contribution in [1.82, 2.24) is 10.6 Å². The van der Waals surface area contributed by atoms with Gasteiger partial charge in [0.05, 0.1) is 12.1 Å². The van der Waals surface area contributed by atoms with Gasteiger partial charge >= 0.3 is 6.03 Å². The van der Waals surface area contributed by atoms with E-state index in [-0.39, 0.29) is 11.6 Å². The summed E-state index contributed by atoms with van der Waals surface area (Å²) in [4.78, 5) is 13.8.